The Morgan fingerprint density at radius 2 is 1.95 bits per heavy atom. The molecule has 108 valence electrons. The standard InChI is InChI=1S/C17H24N2O/c1-13(19-10-4-2-3-5-11-19)17(20)15-6-7-16-14(12-15)8-9-18-16/h6-7,12-13,18H,2-5,8-11H2,1H3. The van der Waals surface area contributed by atoms with E-state index in [1.54, 1.807) is 0 Å². The fourth-order valence-corrected chi connectivity index (χ4v) is 3.35. The number of nitrogens with one attached hydrogen (secondary N) is 1. The van der Waals surface area contributed by atoms with E-state index in [-0.39, 0.29) is 11.8 Å². The summed E-state index contributed by atoms with van der Waals surface area (Å²) in [4.78, 5) is 15.1. The highest BCUT2D eigenvalue weighted by Gasteiger charge is 2.24. The summed E-state index contributed by atoms with van der Waals surface area (Å²) in [6, 6.07) is 6.14. The third-order valence-corrected chi connectivity index (χ3v) is 4.67. The van der Waals surface area contributed by atoms with Crippen LogP contribution in [-0.2, 0) is 6.42 Å². The molecule has 0 aromatic heterocycles. The topological polar surface area (TPSA) is 32.3 Å². The molecule has 2 aliphatic heterocycles. The normalized spacial score (nSPS) is 20.9. The number of anilines is 1. The molecule has 2 aliphatic rings. The first-order valence-electron chi connectivity index (χ1n) is 7.91. The zero-order valence-electron chi connectivity index (χ0n) is 12.3. The maximum absolute atomic E-state index is 12.7. The first-order valence-corrected chi connectivity index (χ1v) is 7.91. The Kier molecular flexibility index (Phi) is 4.06. The van der Waals surface area contributed by atoms with Crippen molar-refractivity contribution in [3.8, 4) is 0 Å². The summed E-state index contributed by atoms with van der Waals surface area (Å²) in [6.45, 7) is 5.20. The first kappa shape index (κ1) is 13.6. The fourth-order valence-electron chi connectivity index (χ4n) is 3.35. The number of hydrogen-bond acceptors (Lipinski definition) is 3. The average molecular weight is 272 g/mol. The Labute approximate surface area is 121 Å². The Hall–Kier alpha value is -1.35. The molecule has 0 spiro atoms. The molecular weight excluding hydrogens is 248 g/mol. The second kappa shape index (κ2) is 5.96. The molecule has 0 radical (unpaired) electrons. The van der Waals surface area contributed by atoms with Crippen LogP contribution in [0.2, 0.25) is 0 Å². The van der Waals surface area contributed by atoms with Crippen molar-refractivity contribution in [2.75, 3.05) is 25.0 Å². The molecule has 3 heteroatoms. The summed E-state index contributed by atoms with van der Waals surface area (Å²) in [5, 5.41) is 3.35. The van der Waals surface area contributed by atoms with Gasteiger partial charge in [-0.2, -0.15) is 0 Å². The molecule has 3 nitrogen and oxygen atoms in total. The molecule has 3 rings (SSSR count). The van der Waals surface area contributed by atoms with Crippen molar-refractivity contribution in [2.24, 2.45) is 0 Å². The van der Waals surface area contributed by atoms with Gasteiger partial charge in [0.05, 0.1) is 6.04 Å². The number of carbonyl (C=O) groups is 1. The van der Waals surface area contributed by atoms with Gasteiger partial charge < -0.3 is 5.32 Å². The van der Waals surface area contributed by atoms with E-state index in [2.05, 4.69) is 29.3 Å². The number of carbonyl (C=O) groups excluding carboxylic acids is 1. The van der Waals surface area contributed by atoms with Crippen LogP contribution in [0.4, 0.5) is 5.69 Å². The molecule has 0 saturated carbocycles. The van der Waals surface area contributed by atoms with Crippen LogP contribution in [0.1, 0.15) is 48.5 Å². The molecule has 1 atom stereocenters. The minimum Gasteiger partial charge on any atom is -0.384 e. The number of hydrogen-bond donors (Lipinski definition) is 1. The van der Waals surface area contributed by atoms with Crippen LogP contribution in [0.5, 0.6) is 0 Å². The van der Waals surface area contributed by atoms with Gasteiger partial charge in [-0.15, -0.1) is 0 Å². The van der Waals surface area contributed by atoms with Gasteiger partial charge in [-0.1, -0.05) is 12.8 Å². The third-order valence-electron chi connectivity index (χ3n) is 4.67. The van der Waals surface area contributed by atoms with Crippen LogP contribution in [-0.4, -0.2) is 36.4 Å². The number of nitrogens with zero attached hydrogens (tertiary/aromatic N) is 1. The van der Waals surface area contributed by atoms with Crippen molar-refractivity contribution in [2.45, 2.75) is 45.1 Å². The predicted octanol–water partition coefficient (Wildman–Crippen LogP) is 3.10. The third kappa shape index (κ3) is 2.73. The number of rotatable bonds is 3. The van der Waals surface area contributed by atoms with Crippen LogP contribution in [0.15, 0.2) is 18.2 Å². The highest BCUT2D eigenvalue weighted by Crippen LogP contribution is 2.24. The summed E-state index contributed by atoms with van der Waals surface area (Å²) in [6.07, 6.45) is 6.11. The molecule has 0 bridgehead atoms. The predicted molar refractivity (Wildman–Crippen MR) is 82.5 cm³/mol. The molecule has 0 amide bonds. The Balaban J connectivity index is 1.74. The van der Waals surface area contributed by atoms with E-state index in [4.69, 9.17) is 0 Å². The van der Waals surface area contributed by atoms with Crippen LogP contribution in [0.3, 0.4) is 0 Å². The zero-order chi connectivity index (χ0) is 13.9. The number of fused-ring (bicyclic) bond motifs is 1. The van der Waals surface area contributed by atoms with Crippen molar-refractivity contribution in [1.82, 2.24) is 4.90 Å². The molecule has 1 fully saturated rings. The molecule has 1 aromatic rings. The summed E-state index contributed by atoms with van der Waals surface area (Å²) in [7, 11) is 0. The molecule has 2 heterocycles. The molecule has 1 saturated heterocycles. The van der Waals surface area contributed by atoms with Crippen LogP contribution in [0.25, 0.3) is 0 Å². The second-order valence-corrected chi connectivity index (χ2v) is 6.04. The Morgan fingerprint density at radius 3 is 2.70 bits per heavy atom. The van der Waals surface area contributed by atoms with E-state index in [0.29, 0.717) is 0 Å². The van der Waals surface area contributed by atoms with Gasteiger partial charge in [-0.25, -0.2) is 0 Å². The van der Waals surface area contributed by atoms with Gasteiger partial charge >= 0.3 is 0 Å². The average Bonchev–Trinajstić information content (AvgIpc) is 2.77. The molecule has 1 N–H and O–H groups in total. The van der Waals surface area contributed by atoms with Crippen LogP contribution >= 0.6 is 0 Å². The Bertz CT molecular complexity index is 490. The molecule has 1 aromatic carbocycles. The van der Waals surface area contributed by atoms with Crippen molar-refractivity contribution in [1.29, 1.82) is 0 Å². The number of ketones is 1. The molecule has 1 unspecified atom stereocenters. The van der Waals surface area contributed by atoms with E-state index >= 15 is 0 Å². The minimum absolute atomic E-state index is 0.0144. The number of likely N-dealkylation sites (tertiary alicyclic amines) is 1. The fraction of sp³-hybridized carbons (Fsp3) is 0.588. The summed E-state index contributed by atoms with van der Waals surface area (Å²) in [5.41, 5.74) is 3.37. The van der Waals surface area contributed by atoms with Gasteiger partial charge in [-0.05, 0) is 63.0 Å². The zero-order valence-corrected chi connectivity index (χ0v) is 12.3. The SMILES string of the molecule is CC(C(=O)c1ccc2c(c1)CCN2)N1CCCCCC1. The van der Waals surface area contributed by atoms with E-state index in [1.807, 2.05) is 6.07 Å². The van der Waals surface area contributed by atoms with Crippen molar-refractivity contribution < 1.29 is 4.79 Å². The molecular formula is C17H24N2O. The van der Waals surface area contributed by atoms with E-state index in [9.17, 15) is 4.79 Å². The summed E-state index contributed by atoms with van der Waals surface area (Å²) < 4.78 is 0. The maximum Gasteiger partial charge on any atom is 0.179 e. The molecule has 20 heavy (non-hydrogen) atoms. The lowest BCUT2D eigenvalue weighted by Gasteiger charge is -2.26. The largest absolute Gasteiger partial charge is 0.384 e. The first-order chi connectivity index (χ1) is 9.75. The highest BCUT2D eigenvalue weighted by molar-refractivity contribution is 6.00. The lowest BCUT2D eigenvalue weighted by molar-refractivity contribution is 0.0843. The van der Waals surface area contributed by atoms with Crippen LogP contribution < -0.4 is 5.32 Å². The number of Topliss-reactive ketones (excluding diaryl/α,β-unsaturated/α-hetero) is 1. The smallest absolute Gasteiger partial charge is 0.179 e. The van der Waals surface area contributed by atoms with E-state index in [1.165, 1.54) is 36.9 Å². The van der Waals surface area contributed by atoms with E-state index < -0.39 is 0 Å². The summed E-state index contributed by atoms with van der Waals surface area (Å²) in [5.74, 6) is 0.279. The lowest BCUT2D eigenvalue weighted by atomic mass is 10.0. The van der Waals surface area contributed by atoms with Crippen molar-refractivity contribution in [3.63, 3.8) is 0 Å². The second-order valence-electron chi connectivity index (χ2n) is 6.04. The highest BCUT2D eigenvalue weighted by atomic mass is 16.1. The Morgan fingerprint density at radius 1 is 1.20 bits per heavy atom. The van der Waals surface area contributed by atoms with Crippen molar-refractivity contribution in [3.05, 3.63) is 29.3 Å². The van der Waals surface area contributed by atoms with E-state index in [0.717, 1.165) is 31.6 Å². The maximum atomic E-state index is 12.7. The van der Waals surface area contributed by atoms with Crippen LogP contribution in [0, 0.1) is 0 Å². The lowest BCUT2D eigenvalue weighted by Crippen LogP contribution is -2.39. The van der Waals surface area contributed by atoms with Gasteiger partial charge in [0.1, 0.15) is 0 Å². The quantitative estimate of drug-likeness (QED) is 0.858. The monoisotopic (exact) mass is 272 g/mol. The van der Waals surface area contributed by atoms with Crippen molar-refractivity contribution >= 4 is 11.5 Å². The van der Waals surface area contributed by atoms with Gasteiger partial charge in [0.15, 0.2) is 5.78 Å². The number of benzene rings is 1. The van der Waals surface area contributed by atoms with Gasteiger partial charge in [0.2, 0.25) is 0 Å². The van der Waals surface area contributed by atoms with Gasteiger partial charge in [-0.3, -0.25) is 9.69 Å². The minimum atomic E-state index is 0.0144. The molecule has 0 aliphatic carbocycles. The summed E-state index contributed by atoms with van der Waals surface area (Å²) >= 11 is 0. The van der Waals surface area contributed by atoms with Gasteiger partial charge in [0, 0.05) is 17.8 Å². The van der Waals surface area contributed by atoms with Gasteiger partial charge in [0.25, 0.3) is 0 Å².